The summed E-state index contributed by atoms with van der Waals surface area (Å²) in [6.07, 6.45) is 6.27. The van der Waals surface area contributed by atoms with E-state index in [1.54, 1.807) is 6.20 Å². The van der Waals surface area contributed by atoms with Gasteiger partial charge in [0.05, 0.1) is 16.4 Å². The monoisotopic (exact) mass is 293 g/mol. The Kier molecular flexibility index (Phi) is 5.11. The van der Waals surface area contributed by atoms with E-state index in [2.05, 4.69) is 21.6 Å². The number of nitrogens with one attached hydrogen (secondary N) is 1. The number of hydrogen-bond acceptors (Lipinski definition) is 4. The minimum atomic E-state index is 0.155. The van der Waals surface area contributed by atoms with Gasteiger partial charge in [-0.05, 0) is 31.4 Å². The third kappa shape index (κ3) is 3.56. The molecule has 3 N–H and O–H groups in total. The Balaban J connectivity index is 1.99. The number of rotatable bonds is 6. The van der Waals surface area contributed by atoms with Crippen LogP contribution in [0.25, 0.3) is 0 Å². The van der Waals surface area contributed by atoms with Crippen LogP contribution in [-0.4, -0.2) is 20.8 Å². The molecule has 0 aromatic carbocycles. The Morgan fingerprint density at radius 1 is 1.50 bits per heavy atom. The van der Waals surface area contributed by atoms with Crippen molar-refractivity contribution in [2.24, 2.45) is 12.9 Å². The number of pyridine rings is 1. The summed E-state index contributed by atoms with van der Waals surface area (Å²) in [5.41, 5.74) is 5.94. The fourth-order valence-electron chi connectivity index (χ4n) is 2.27. The smallest absolute Gasteiger partial charge is 0.0847 e. The fraction of sp³-hybridized carbons (Fsp3) is 0.429. The average molecular weight is 294 g/mol. The summed E-state index contributed by atoms with van der Waals surface area (Å²) in [6.45, 7) is 1.91. The van der Waals surface area contributed by atoms with E-state index in [1.807, 2.05) is 30.9 Å². The van der Waals surface area contributed by atoms with Gasteiger partial charge in [0, 0.05) is 31.9 Å². The van der Waals surface area contributed by atoms with Crippen molar-refractivity contribution in [1.82, 2.24) is 20.2 Å². The predicted molar refractivity (Wildman–Crippen MR) is 80.3 cm³/mol. The fourth-order valence-corrected chi connectivity index (χ4v) is 2.50. The summed E-state index contributed by atoms with van der Waals surface area (Å²) in [7, 11) is 1.91. The molecule has 0 spiro atoms. The first kappa shape index (κ1) is 15.0. The van der Waals surface area contributed by atoms with Gasteiger partial charge in [-0.2, -0.15) is 5.10 Å². The molecule has 6 heteroatoms. The van der Waals surface area contributed by atoms with Crippen LogP contribution >= 0.6 is 11.6 Å². The SMILES string of the molecule is Cc1nn(C)c(CC(CCc2cccnc2)NN)c1Cl. The van der Waals surface area contributed by atoms with E-state index >= 15 is 0 Å². The lowest BCUT2D eigenvalue weighted by molar-refractivity contribution is 0.477. The number of hydrazine groups is 1. The van der Waals surface area contributed by atoms with Crippen LogP contribution in [0.2, 0.25) is 5.02 Å². The number of nitrogens with zero attached hydrogens (tertiary/aromatic N) is 3. The topological polar surface area (TPSA) is 68.8 Å². The van der Waals surface area contributed by atoms with Crippen molar-refractivity contribution in [2.45, 2.75) is 32.2 Å². The Labute approximate surface area is 124 Å². The van der Waals surface area contributed by atoms with E-state index < -0.39 is 0 Å². The lowest BCUT2D eigenvalue weighted by atomic mass is 10.0. The molecular formula is C14H20ClN5. The molecule has 0 saturated heterocycles. The molecule has 0 aliphatic rings. The molecule has 0 bridgehead atoms. The normalized spacial score (nSPS) is 12.6. The minimum absolute atomic E-state index is 0.155. The molecule has 1 atom stereocenters. The predicted octanol–water partition coefficient (Wildman–Crippen LogP) is 1.78. The first-order valence-electron chi connectivity index (χ1n) is 6.64. The number of aromatic nitrogens is 3. The molecular weight excluding hydrogens is 274 g/mol. The molecule has 5 nitrogen and oxygen atoms in total. The van der Waals surface area contributed by atoms with Crippen LogP contribution in [0.15, 0.2) is 24.5 Å². The van der Waals surface area contributed by atoms with E-state index in [-0.39, 0.29) is 6.04 Å². The van der Waals surface area contributed by atoms with E-state index in [4.69, 9.17) is 17.4 Å². The van der Waals surface area contributed by atoms with Crippen molar-refractivity contribution in [3.8, 4) is 0 Å². The zero-order chi connectivity index (χ0) is 14.5. The Morgan fingerprint density at radius 2 is 2.30 bits per heavy atom. The van der Waals surface area contributed by atoms with Gasteiger partial charge in [-0.15, -0.1) is 0 Å². The maximum atomic E-state index is 6.27. The van der Waals surface area contributed by atoms with Gasteiger partial charge >= 0.3 is 0 Å². The lowest BCUT2D eigenvalue weighted by Gasteiger charge is -2.16. The number of aryl methyl sites for hydroxylation is 3. The van der Waals surface area contributed by atoms with Crippen molar-refractivity contribution in [3.63, 3.8) is 0 Å². The molecule has 1 unspecified atom stereocenters. The molecule has 0 amide bonds. The number of hydrogen-bond donors (Lipinski definition) is 2. The first-order chi connectivity index (χ1) is 9.61. The standard InChI is InChI=1S/C14H20ClN5/c1-10-14(15)13(20(2)19-10)8-12(18-16)6-5-11-4-3-7-17-9-11/h3-4,7,9,12,18H,5-6,8,16H2,1-2H3. The van der Waals surface area contributed by atoms with E-state index in [0.717, 1.165) is 35.7 Å². The third-order valence-electron chi connectivity index (χ3n) is 3.44. The summed E-state index contributed by atoms with van der Waals surface area (Å²) >= 11 is 6.27. The molecule has 0 aliphatic carbocycles. The van der Waals surface area contributed by atoms with Crippen molar-refractivity contribution >= 4 is 11.6 Å². The zero-order valence-electron chi connectivity index (χ0n) is 11.8. The molecule has 2 rings (SSSR count). The van der Waals surface area contributed by atoms with Crippen LogP contribution < -0.4 is 11.3 Å². The van der Waals surface area contributed by atoms with Crippen LogP contribution in [0.4, 0.5) is 0 Å². The van der Waals surface area contributed by atoms with Crippen LogP contribution in [0.5, 0.6) is 0 Å². The number of nitrogens with two attached hydrogens (primary N) is 1. The van der Waals surface area contributed by atoms with Gasteiger partial charge in [0.15, 0.2) is 0 Å². The van der Waals surface area contributed by atoms with Gasteiger partial charge in [0.25, 0.3) is 0 Å². The van der Waals surface area contributed by atoms with Gasteiger partial charge in [-0.25, -0.2) is 0 Å². The van der Waals surface area contributed by atoms with Crippen molar-refractivity contribution < 1.29 is 0 Å². The van der Waals surface area contributed by atoms with Crippen LogP contribution in [0, 0.1) is 6.92 Å². The van der Waals surface area contributed by atoms with E-state index in [1.165, 1.54) is 5.56 Å². The zero-order valence-corrected chi connectivity index (χ0v) is 12.6. The van der Waals surface area contributed by atoms with Gasteiger partial charge < -0.3 is 0 Å². The summed E-state index contributed by atoms with van der Waals surface area (Å²) < 4.78 is 1.83. The molecule has 108 valence electrons. The summed E-state index contributed by atoms with van der Waals surface area (Å²) in [5, 5.41) is 5.05. The van der Waals surface area contributed by atoms with Crippen molar-refractivity contribution in [3.05, 3.63) is 46.5 Å². The highest BCUT2D eigenvalue weighted by atomic mass is 35.5. The molecule has 2 heterocycles. The highest BCUT2D eigenvalue weighted by Crippen LogP contribution is 2.21. The second-order valence-corrected chi connectivity index (χ2v) is 5.32. The Morgan fingerprint density at radius 3 is 2.85 bits per heavy atom. The molecule has 2 aromatic heterocycles. The minimum Gasteiger partial charge on any atom is -0.271 e. The average Bonchev–Trinajstić information content (AvgIpc) is 2.70. The maximum Gasteiger partial charge on any atom is 0.0847 e. The van der Waals surface area contributed by atoms with Gasteiger partial charge in [-0.3, -0.25) is 20.9 Å². The maximum absolute atomic E-state index is 6.27. The third-order valence-corrected chi connectivity index (χ3v) is 3.93. The molecule has 20 heavy (non-hydrogen) atoms. The lowest BCUT2D eigenvalue weighted by Crippen LogP contribution is -2.37. The van der Waals surface area contributed by atoms with Gasteiger partial charge in [0.2, 0.25) is 0 Å². The largest absolute Gasteiger partial charge is 0.271 e. The second-order valence-electron chi connectivity index (χ2n) is 4.94. The molecule has 0 fully saturated rings. The van der Waals surface area contributed by atoms with E-state index in [9.17, 15) is 0 Å². The second kappa shape index (κ2) is 6.83. The van der Waals surface area contributed by atoms with Gasteiger partial charge in [-0.1, -0.05) is 17.7 Å². The molecule has 0 aliphatic heterocycles. The number of halogens is 1. The Hall–Kier alpha value is -1.43. The highest BCUT2D eigenvalue weighted by molar-refractivity contribution is 6.31. The summed E-state index contributed by atoms with van der Waals surface area (Å²) in [5.74, 6) is 5.65. The molecule has 0 saturated carbocycles. The Bertz CT molecular complexity index is 552. The highest BCUT2D eigenvalue weighted by Gasteiger charge is 2.16. The van der Waals surface area contributed by atoms with E-state index in [0.29, 0.717) is 0 Å². The van der Waals surface area contributed by atoms with Crippen LogP contribution in [0.3, 0.4) is 0 Å². The van der Waals surface area contributed by atoms with Crippen molar-refractivity contribution in [2.75, 3.05) is 0 Å². The molecule has 2 aromatic rings. The van der Waals surface area contributed by atoms with Crippen molar-refractivity contribution in [1.29, 1.82) is 0 Å². The first-order valence-corrected chi connectivity index (χ1v) is 7.02. The quantitative estimate of drug-likeness (QED) is 0.629. The van der Waals surface area contributed by atoms with Crippen LogP contribution in [0.1, 0.15) is 23.4 Å². The molecule has 0 radical (unpaired) electrons. The van der Waals surface area contributed by atoms with Crippen LogP contribution in [-0.2, 0) is 19.9 Å². The summed E-state index contributed by atoms with van der Waals surface area (Å²) in [6, 6.07) is 4.17. The van der Waals surface area contributed by atoms with Gasteiger partial charge in [0.1, 0.15) is 0 Å². The summed E-state index contributed by atoms with van der Waals surface area (Å²) in [4.78, 5) is 4.12.